The van der Waals surface area contributed by atoms with E-state index in [0.717, 1.165) is 31.4 Å². The first kappa shape index (κ1) is 25.5. The third-order valence-electron chi connectivity index (χ3n) is 6.50. The van der Waals surface area contributed by atoms with Crippen molar-refractivity contribution >= 4 is 5.91 Å². The van der Waals surface area contributed by atoms with Gasteiger partial charge in [0.15, 0.2) is 0 Å². The van der Waals surface area contributed by atoms with Crippen LogP contribution in [0.3, 0.4) is 0 Å². The summed E-state index contributed by atoms with van der Waals surface area (Å²) in [5, 5.41) is 10.7. The Morgan fingerprint density at radius 2 is 1.75 bits per heavy atom. The highest BCUT2D eigenvalue weighted by atomic mass is 19.1. The number of pyridine rings is 1. The van der Waals surface area contributed by atoms with Gasteiger partial charge < -0.3 is 10.8 Å². The lowest BCUT2D eigenvalue weighted by Crippen LogP contribution is -2.29. The molecule has 0 spiro atoms. The van der Waals surface area contributed by atoms with Crippen LogP contribution in [-0.4, -0.2) is 21.6 Å². The second-order valence-electron chi connectivity index (χ2n) is 9.41. The zero-order chi connectivity index (χ0) is 25.9. The summed E-state index contributed by atoms with van der Waals surface area (Å²) >= 11 is 0. The summed E-state index contributed by atoms with van der Waals surface area (Å²) in [4.78, 5) is 16.4. The van der Waals surface area contributed by atoms with E-state index in [4.69, 9.17) is 10.7 Å². The second kappa shape index (κ2) is 10.5. The SMILES string of the molecule is C[C@@H](Cc1cc(F)cc(F)c1)c1nc(C#CC2(O)CCCCC2)ccc1-c1ccc(F)c(C(N)=O)c1. The van der Waals surface area contributed by atoms with Gasteiger partial charge in [0, 0.05) is 17.5 Å². The smallest absolute Gasteiger partial charge is 0.251 e. The molecule has 1 heterocycles. The van der Waals surface area contributed by atoms with Crippen LogP contribution in [0.1, 0.15) is 72.3 Å². The predicted molar refractivity (Wildman–Crippen MR) is 132 cm³/mol. The van der Waals surface area contributed by atoms with Crippen LogP contribution in [0, 0.1) is 29.3 Å². The molecule has 7 heteroatoms. The minimum absolute atomic E-state index is 0.248. The fraction of sp³-hybridized carbons (Fsp3) is 0.310. The molecule has 1 amide bonds. The Kier molecular flexibility index (Phi) is 7.46. The standard InChI is InChI=1S/C29H27F3N2O2/c1-18(13-19-14-21(30)17-22(31)15-19)27-24(20-5-8-26(32)25(16-20)28(33)35)7-6-23(34-27)9-12-29(36)10-3-2-4-11-29/h5-8,14-18,36H,2-4,10-11,13H2,1H3,(H2,33,35)/t18-/m0/s1. The Balaban J connectivity index is 1.76. The van der Waals surface area contributed by atoms with E-state index in [1.54, 1.807) is 12.1 Å². The number of halogens is 3. The Labute approximate surface area is 208 Å². The fourth-order valence-corrected chi connectivity index (χ4v) is 4.67. The number of carbonyl (C=O) groups is 1. The van der Waals surface area contributed by atoms with Crippen molar-refractivity contribution in [2.24, 2.45) is 5.73 Å². The highest BCUT2D eigenvalue weighted by Gasteiger charge is 2.26. The van der Waals surface area contributed by atoms with Crippen LogP contribution in [0.15, 0.2) is 48.5 Å². The Bertz CT molecular complexity index is 1330. The quantitative estimate of drug-likeness (QED) is 0.452. The molecule has 0 radical (unpaired) electrons. The summed E-state index contributed by atoms with van der Waals surface area (Å²) in [6.07, 6.45) is 4.40. The van der Waals surface area contributed by atoms with Gasteiger partial charge in [0.25, 0.3) is 5.91 Å². The van der Waals surface area contributed by atoms with Gasteiger partial charge in [0.1, 0.15) is 28.7 Å². The largest absolute Gasteiger partial charge is 0.378 e. The average molecular weight is 493 g/mol. The molecule has 0 unspecified atom stereocenters. The van der Waals surface area contributed by atoms with Gasteiger partial charge in [0.05, 0.1) is 11.3 Å². The van der Waals surface area contributed by atoms with E-state index in [-0.39, 0.29) is 17.9 Å². The van der Waals surface area contributed by atoms with Crippen LogP contribution in [0.25, 0.3) is 11.1 Å². The average Bonchev–Trinajstić information content (AvgIpc) is 2.83. The monoisotopic (exact) mass is 492 g/mol. The lowest BCUT2D eigenvalue weighted by Gasteiger charge is -2.26. The summed E-state index contributed by atoms with van der Waals surface area (Å²) in [7, 11) is 0. The molecule has 3 N–H and O–H groups in total. The van der Waals surface area contributed by atoms with Gasteiger partial charge in [-0.25, -0.2) is 18.2 Å². The van der Waals surface area contributed by atoms with E-state index in [9.17, 15) is 23.1 Å². The lowest BCUT2D eigenvalue weighted by molar-refractivity contribution is 0.0610. The van der Waals surface area contributed by atoms with Gasteiger partial charge in [-0.15, -0.1) is 0 Å². The minimum atomic E-state index is -1.04. The van der Waals surface area contributed by atoms with Crippen molar-refractivity contribution in [2.45, 2.75) is 57.0 Å². The molecule has 1 aromatic heterocycles. The maximum Gasteiger partial charge on any atom is 0.251 e. The van der Waals surface area contributed by atoms with Crippen molar-refractivity contribution in [3.8, 4) is 23.0 Å². The van der Waals surface area contributed by atoms with Crippen molar-refractivity contribution in [2.75, 3.05) is 0 Å². The van der Waals surface area contributed by atoms with Crippen molar-refractivity contribution in [1.29, 1.82) is 0 Å². The van der Waals surface area contributed by atoms with E-state index >= 15 is 0 Å². The molecule has 4 rings (SSSR count). The molecule has 2 aromatic carbocycles. The molecule has 1 saturated carbocycles. The Morgan fingerprint density at radius 1 is 1.06 bits per heavy atom. The van der Waals surface area contributed by atoms with Crippen molar-refractivity contribution in [3.05, 3.63) is 88.5 Å². The van der Waals surface area contributed by atoms with Gasteiger partial charge >= 0.3 is 0 Å². The number of primary amides is 1. The van der Waals surface area contributed by atoms with Gasteiger partial charge in [-0.3, -0.25) is 4.79 Å². The number of benzene rings is 2. The first-order chi connectivity index (χ1) is 17.1. The third kappa shape index (κ3) is 5.95. The van der Waals surface area contributed by atoms with E-state index in [2.05, 4.69) is 11.8 Å². The number of hydrogen-bond acceptors (Lipinski definition) is 3. The molecule has 0 bridgehead atoms. The second-order valence-corrected chi connectivity index (χ2v) is 9.41. The maximum absolute atomic E-state index is 14.1. The highest BCUT2D eigenvalue weighted by Crippen LogP contribution is 2.32. The van der Waals surface area contributed by atoms with Crippen LogP contribution >= 0.6 is 0 Å². The third-order valence-corrected chi connectivity index (χ3v) is 6.50. The molecule has 186 valence electrons. The number of rotatable bonds is 5. The number of aliphatic hydroxyl groups is 1. The first-order valence-corrected chi connectivity index (χ1v) is 11.9. The topological polar surface area (TPSA) is 76.2 Å². The maximum atomic E-state index is 14.1. The van der Waals surface area contributed by atoms with Crippen LogP contribution in [-0.2, 0) is 6.42 Å². The van der Waals surface area contributed by atoms with Gasteiger partial charge in [-0.1, -0.05) is 25.3 Å². The highest BCUT2D eigenvalue weighted by molar-refractivity contribution is 5.94. The molecule has 0 aliphatic heterocycles. The first-order valence-electron chi connectivity index (χ1n) is 11.9. The van der Waals surface area contributed by atoms with Crippen LogP contribution < -0.4 is 5.73 Å². The van der Waals surface area contributed by atoms with E-state index < -0.39 is 29.0 Å². The molecule has 1 aliphatic rings. The molecular weight excluding hydrogens is 465 g/mol. The number of aromatic nitrogens is 1. The summed E-state index contributed by atoms with van der Waals surface area (Å²) in [5.41, 5.74) is 6.62. The molecule has 3 aromatic rings. The van der Waals surface area contributed by atoms with Crippen LogP contribution in [0.4, 0.5) is 13.2 Å². The van der Waals surface area contributed by atoms with Gasteiger partial charge in [-0.2, -0.15) is 0 Å². The van der Waals surface area contributed by atoms with Crippen LogP contribution in [0.5, 0.6) is 0 Å². The summed E-state index contributed by atoms with van der Waals surface area (Å²) in [5.74, 6) is 2.67. The zero-order valence-electron chi connectivity index (χ0n) is 20.0. The summed E-state index contributed by atoms with van der Waals surface area (Å²) in [6.45, 7) is 1.86. The van der Waals surface area contributed by atoms with Crippen molar-refractivity contribution < 1.29 is 23.1 Å². The normalized spacial score (nSPS) is 15.6. The molecule has 36 heavy (non-hydrogen) atoms. The van der Waals surface area contributed by atoms with E-state index in [1.807, 2.05) is 6.92 Å². The molecule has 4 nitrogen and oxygen atoms in total. The number of hydrogen-bond donors (Lipinski definition) is 2. The van der Waals surface area contributed by atoms with Crippen LogP contribution in [0.2, 0.25) is 0 Å². The lowest BCUT2D eigenvalue weighted by atomic mass is 9.85. The van der Waals surface area contributed by atoms with E-state index in [1.165, 1.54) is 24.3 Å². The molecule has 1 atom stereocenters. The van der Waals surface area contributed by atoms with Crippen molar-refractivity contribution in [3.63, 3.8) is 0 Å². The number of nitrogens with zero attached hydrogens (tertiary/aromatic N) is 1. The summed E-state index contributed by atoms with van der Waals surface area (Å²) in [6, 6.07) is 10.9. The van der Waals surface area contributed by atoms with Gasteiger partial charge in [-0.05, 0) is 85.5 Å². The zero-order valence-corrected chi connectivity index (χ0v) is 20.0. The predicted octanol–water partition coefficient (Wildman–Crippen LogP) is 5.66. The van der Waals surface area contributed by atoms with Gasteiger partial charge in [0.2, 0.25) is 0 Å². The van der Waals surface area contributed by atoms with E-state index in [0.29, 0.717) is 40.9 Å². The molecular formula is C29H27F3N2O2. The minimum Gasteiger partial charge on any atom is -0.378 e. The Morgan fingerprint density at radius 3 is 2.42 bits per heavy atom. The number of amides is 1. The Hall–Kier alpha value is -3.63. The summed E-state index contributed by atoms with van der Waals surface area (Å²) < 4.78 is 41.7. The molecule has 1 aliphatic carbocycles. The molecule has 0 saturated heterocycles. The van der Waals surface area contributed by atoms with Crippen molar-refractivity contribution in [1.82, 2.24) is 4.98 Å². The molecule has 1 fully saturated rings. The fourth-order valence-electron chi connectivity index (χ4n) is 4.67. The number of carbonyl (C=O) groups excluding carboxylic acids is 1. The number of nitrogens with two attached hydrogens (primary N) is 1.